The summed E-state index contributed by atoms with van der Waals surface area (Å²) in [5.74, 6) is 0. The van der Waals surface area contributed by atoms with Crippen LogP contribution in [0.3, 0.4) is 0 Å². The maximum atomic E-state index is 6.02. The molecule has 1 atom stereocenters. The third-order valence-corrected chi connectivity index (χ3v) is 6.37. The molecular weight excluding hydrogens is 326 g/mol. The minimum atomic E-state index is -0.313. The van der Waals surface area contributed by atoms with Gasteiger partial charge in [0.2, 0.25) is 0 Å². The normalized spacial score (nSPS) is 13.6. The first-order chi connectivity index (χ1) is 12.1. The maximum absolute atomic E-state index is 6.02. The van der Waals surface area contributed by atoms with Crippen molar-refractivity contribution in [2.75, 3.05) is 52.9 Å². The number of nitrogens with one attached hydrogen (secondary N) is 1. The lowest BCUT2D eigenvalue weighted by molar-refractivity contribution is 0.217. The highest BCUT2D eigenvalue weighted by molar-refractivity contribution is 6.27. The van der Waals surface area contributed by atoms with E-state index in [9.17, 15) is 0 Å². The molecule has 152 valence electrons. The molecule has 0 radical (unpaired) electrons. The molecule has 0 saturated carbocycles. The van der Waals surface area contributed by atoms with Gasteiger partial charge in [0, 0.05) is 6.10 Å². The van der Waals surface area contributed by atoms with Crippen LogP contribution in [0.25, 0.3) is 0 Å². The summed E-state index contributed by atoms with van der Waals surface area (Å²) in [5, 5.41) is 3.53. The molecule has 0 aliphatic carbocycles. The van der Waals surface area contributed by atoms with Crippen LogP contribution < -0.4 is 5.32 Å². The Balaban J connectivity index is 3.89. The van der Waals surface area contributed by atoms with Crippen LogP contribution in [0.15, 0.2) is 0 Å². The zero-order valence-corrected chi connectivity index (χ0v) is 19.4. The van der Waals surface area contributed by atoms with Gasteiger partial charge in [-0.15, -0.1) is 0 Å². The Labute approximate surface area is 161 Å². The molecule has 0 amide bonds. The molecule has 0 heterocycles. The van der Waals surface area contributed by atoms with Crippen LogP contribution in [0.1, 0.15) is 66.2 Å². The van der Waals surface area contributed by atoms with E-state index in [1.807, 2.05) is 0 Å². The van der Waals surface area contributed by atoms with Crippen LogP contribution in [-0.4, -0.2) is 78.5 Å². The molecule has 0 aromatic heterocycles. The highest BCUT2D eigenvalue weighted by Gasteiger charge is 2.06. The maximum Gasteiger partial charge on any atom is 0.162 e. The zero-order valence-electron chi connectivity index (χ0n) is 18.0. The third kappa shape index (κ3) is 17.2. The van der Waals surface area contributed by atoms with E-state index in [0.717, 1.165) is 19.6 Å². The standard InChI is InChI=1S/C20H47N3OSi/c1-6-12-20(4)24-25-19-11-18-23(16-9-14-21-13-7-2)17-10-15-22(5)8-3/h20-21H,6-19,25H2,1-5H3. The molecule has 0 rings (SSSR count). The van der Waals surface area contributed by atoms with Crippen molar-refractivity contribution in [1.82, 2.24) is 15.1 Å². The monoisotopic (exact) mass is 373 g/mol. The summed E-state index contributed by atoms with van der Waals surface area (Å²) in [6.07, 6.45) is 8.04. The molecule has 25 heavy (non-hydrogen) atoms. The van der Waals surface area contributed by atoms with Crippen molar-refractivity contribution in [3.63, 3.8) is 0 Å². The fourth-order valence-electron chi connectivity index (χ4n) is 3.00. The van der Waals surface area contributed by atoms with Crippen LogP contribution >= 0.6 is 0 Å². The van der Waals surface area contributed by atoms with Crippen LogP contribution in [0.2, 0.25) is 6.04 Å². The van der Waals surface area contributed by atoms with Crippen molar-refractivity contribution in [1.29, 1.82) is 0 Å². The van der Waals surface area contributed by atoms with Crippen LogP contribution in [0.5, 0.6) is 0 Å². The van der Waals surface area contributed by atoms with Gasteiger partial charge in [0.1, 0.15) is 0 Å². The van der Waals surface area contributed by atoms with Crippen LogP contribution in [0, 0.1) is 0 Å². The Hall–Kier alpha value is 0.0569. The highest BCUT2D eigenvalue weighted by atomic mass is 28.2. The summed E-state index contributed by atoms with van der Waals surface area (Å²) in [7, 11) is 1.91. The van der Waals surface area contributed by atoms with Crippen LogP contribution in [-0.2, 0) is 4.43 Å². The van der Waals surface area contributed by atoms with Gasteiger partial charge in [-0.25, -0.2) is 0 Å². The topological polar surface area (TPSA) is 27.7 Å². The van der Waals surface area contributed by atoms with E-state index in [0.29, 0.717) is 6.10 Å². The van der Waals surface area contributed by atoms with Crippen molar-refractivity contribution < 1.29 is 4.43 Å². The van der Waals surface area contributed by atoms with Crippen LogP contribution in [0.4, 0.5) is 0 Å². The molecule has 0 aliphatic heterocycles. The van der Waals surface area contributed by atoms with Gasteiger partial charge in [-0.05, 0) is 97.9 Å². The fraction of sp³-hybridized carbons (Fsp3) is 1.00. The number of hydrogen-bond donors (Lipinski definition) is 1. The molecule has 5 heteroatoms. The van der Waals surface area contributed by atoms with Gasteiger partial charge in [0.15, 0.2) is 9.76 Å². The van der Waals surface area contributed by atoms with Gasteiger partial charge >= 0.3 is 0 Å². The molecule has 1 N–H and O–H groups in total. The number of nitrogens with zero attached hydrogens (tertiary/aromatic N) is 2. The minimum absolute atomic E-state index is 0.313. The Morgan fingerprint density at radius 2 is 1.64 bits per heavy atom. The molecule has 0 fully saturated rings. The van der Waals surface area contributed by atoms with Gasteiger partial charge in [-0.2, -0.15) is 0 Å². The van der Waals surface area contributed by atoms with Gasteiger partial charge in [0.05, 0.1) is 0 Å². The quantitative estimate of drug-likeness (QED) is 0.278. The molecule has 4 nitrogen and oxygen atoms in total. The third-order valence-electron chi connectivity index (χ3n) is 4.77. The van der Waals surface area contributed by atoms with E-state index < -0.39 is 0 Å². The fourth-order valence-corrected chi connectivity index (χ4v) is 4.16. The predicted octanol–water partition coefficient (Wildman–Crippen LogP) is 3.12. The number of rotatable bonds is 19. The van der Waals surface area contributed by atoms with Gasteiger partial charge in [0.25, 0.3) is 0 Å². The molecule has 0 spiro atoms. The average molecular weight is 374 g/mol. The molecule has 0 bridgehead atoms. The molecule has 0 aromatic rings. The summed E-state index contributed by atoms with van der Waals surface area (Å²) >= 11 is 0. The lowest BCUT2D eigenvalue weighted by Gasteiger charge is -2.24. The summed E-state index contributed by atoms with van der Waals surface area (Å²) in [4.78, 5) is 5.10. The van der Waals surface area contributed by atoms with Crippen molar-refractivity contribution in [2.45, 2.75) is 78.4 Å². The van der Waals surface area contributed by atoms with Crippen molar-refractivity contribution >= 4 is 9.76 Å². The van der Waals surface area contributed by atoms with Gasteiger partial charge < -0.3 is 19.5 Å². The lowest BCUT2D eigenvalue weighted by atomic mass is 10.2. The smallest absolute Gasteiger partial charge is 0.162 e. The van der Waals surface area contributed by atoms with Crippen molar-refractivity contribution in [2.24, 2.45) is 0 Å². The average Bonchev–Trinajstić information content (AvgIpc) is 2.60. The summed E-state index contributed by atoms with van der Waals surface area (Å²) in [5.41, 5.74) is 0. The molecule has 0 saturated heterocycles. The summed E-state index contributed by atoms with van der Waals surface area (Å²) < 4.78 is 6.02. The zero-order chi connectivity index (χ0) is 18.8. The first-order valence-corrected chi connectivity index (χ1v) is 12.4. The first-order valence-electron chi connectivity index (χ1n) is 10.9. The molecule has 0 aromatic carbocycles. The van der Waals surface area contributed by atoms with Gasteiger partial charge in [-0.3, -0.25) is 0 Å². The predicted molar refractivity (Wildman–Crippen MR) is 115 cm³/mol. The minimum Gasteiger partial charge on any atom is -0.421 e. The van der Waals surface area contributed by atoms with E-state index >= 15 is 0 Å². The highest BCUT2D eigenvalue weighted by Crippen LogP contribution is 2.04. The Morgan fingerprint density at radius 3 is 2.32 bits per heavy atom. The second-order valence-corrected chi connectivity index (χ2v) is 8.82. The summed E-state index contributed by atoms with van der Waals surface area (Å²) in [6, 6.07) is 1.33. The van der Waals surface area contributed by atoms with E-state index in [1.165, 1.54) is 70.7 Å². The SMILES string of the molecule is CCCNCCCN(CCC[SiH2]OC(C)CCC)CCCN(C)CC. The second-order valence-electron chi connectivity index (χ2n) is 7.37. The Bertz CT molecular complexity index is 269. The van der Waals surface area contributed by atoms with E-state index in [1.54, 1.807) is 0 Å². The molecule has 1 unspecified atom stereocenters. The van der Waals surface area contributed by atoms with E-state index in [-0.39, 0.29) is 9.76 Å². The van der Waals surface area contributed by atoms with E-state index in [2.05, 4.69) is 49.9 Å². The Kier molecular flexibility index (Phi) is 18.9. The van der Waals surface area contributed by atoms with E-state index in [4.69, 9.17) is 4.43 Å². The first kappa shape index (κ1) is 25.1. The second kappa shape index (κ2) is 18.8. The summed E-state index contributed by atoms with van der Waals surface area (Å²) in [6.45, 7) is 17.4. The Morgan fingerprint density at radius 1 is 0.920 bits per heavy atom. The number of hydrogen-bond acceptors (Lipinski definition) is 4. The van der Waals surface area contributed by atoms with Crippen molar-refractivity contribution in [3.8, 4) is 0 Å². The van der Waals surface area contributed by atoms with Gasteiger partial charge in [-0.1, -0.05) is 27.2 Å². The largest absolute Gasteiger partial charge is 0.421 e. The van der Waals surface area contributed by atoms with Crippen molar-refractivity contribution in [3.05, 3.63) is 0 Å². The molecular formula is C20H47N3OSi. The molecule has 0 aliphatic rings. The lowest BCUT2D eigenvalue weighted by Crippen LogP contribution is -2.32.